The number of ether oxygens (including phenoxy) is 2. The largest absolute Gasteiger partial charge is 0.346 e. The molecular weight excluding hydrogens is 252 g/mol. The zero-order valence-electron chi connectivity index (χ0n) is 11.3. The standard InChI is InChI=1S/C17H16O3/c1-12(18)15-4-2-3-5-16(15)13-6-8-14(9-7-13)17-19-10-11-20-17/h2-9,17H,10-11H2,1H3. The summed E-state index contributed by atoms with van der Waals surface area (Å²) in [7, 11) is 0. The minimum absolute atomic E-state index is 0.0761. The lowest BCUT2D eigenvalue weighted by atomic mass is 9.97. The van der Waals surface area contributed by atoms with Gasteiger partial charge in [0.15, 0.2) is 12.1 Å². The summed E-state index contributed by atoms with van der Waals surface area (Å²) in [6.07, 6.45) is -0.257. The van der Waals surface area contributed by atoms with Crippen molar-refractivity contribution in [3.8, 4) is 11.1 Å². The highest BCUT2D eigenvalue weighted by Gasteiger charge is 2.18. The number of ketones is 1. The van der Waals surface area contributed by atoms with Crippen molar-refractivity contribution in [1.29, 1.82) is 0 Å². The van der Waals surface area contributed by atoms with E-state index >= 15 is 0 Å². The quantitative estimate of drug-likeness (QED) is 0.798. The predicted octanol–water partition coefficient (Wildman–Crippen LogP) is 3.60. The number of Topliss-reactive ketones (excluding diaryl/α,β-unsaturated/α-hetero) is 1. The van der Waals surface area contributed by atoms with Crippen LogP contribution in [-0.4, -0.2) is 19.0 Å². The van der Waals surface area contributed by atoms with Gasteiger partial charge in [0.25, 0.3) is 0 Å². The van der Waals surface area contributed by atoms with Crippen LogP contribution >= 0.6 is 0 Å². The van der Waals surface area contributed by atoms with Gasteiger partial charge < -0.3 is 9.47 Å². The average molecular weight is 268 g/mol. The third-order valence-corrected chi connectivity index (χ3v) is 3.42. The molecule has 102 valence electrons. The molecule has 1 aliphatic rings. The molecule has 3 rings (SSSR count). The van der Waals surface area contributed by atoms with Gasteiger partial charge in [-0.1, -0.05) is 48.5 Å². The Balaban J connectivity index is 1.93. The van der Waals surface area contributed by atoms with Crippen molar-refractivity contribution in [3.05, 3.63) is 59.7 Å². The van der Waals surface area contributed by atoms with Gasteiger partial charge >= 0.3 is 0 Å². The highest BCUT2D eigenvalue weighted by atomic mass is 16.7. The van der Waals surface area contributed by atoms with Crippen LogP contribution in [0.4, 0.5) is 0 Å². The molecule has 0 atom stereocenters. The van der Waals surface area contributed by atoms with Crippen LogP contribution in [0.15, 0.2) is 48.5 Å². The monoisotopic (exact) mass is 268 g/mol. The summed E-state index contributed by atoms with van der Waals surface area (Å²) in [5, 5.41) is 0. The van der Waals surface area contributed by atoms with Crippen LogP contribution in [0.3, 0.4) is 0 Å². The van der Waals surface area contributed by atoms with Gasteiger partial charge in [-0.15, -0.1) is 0 Å². The fraction of sp³-hybridized carbons (Fsp3) is 0.235. The van der Waals surface area contributed by atoms with Crippen molar-refractivity contribution in [2.45, 2.75) is 13.2 Å². The third kappa shape index (κ3) is 2.50. The van der Waals surface area contributed by atoms with Gasteiger partial charge in [0.2, 0.25) is 0 Å². The summed E-state index contributed by atoms with van der Waals surface area (Å²) in [5.41, 5.74) is 3.73. The summed E-state index contributed by atoms with van der Waals surface area (Å²) in [6.45, 7) is 2.87. The van der Waals surface area contributed by atoms with Gasteiger partial charge in [-0.2, -0.15) is 0 Å². The molecule has 0 saturated carbocycles. The van der Waals surface area contributed by atoms with E-state index in [1.807, 2.05) is 48.5 Å². The fourth-order valence-corrected chi connectivity index (χ4v) is 2.41. The maximum atomic E-state index is 11.7. The van der Waals surface area contributed by atoms with Gasteiger partial charge in [0, 0.05) is 11.1 Å². The Bertz CT molecular complexity index is 610. The normalized spacial score (nSPS) is 15.4. The van der Waals surface area contributed by atoms with Crippen molar-refractivity contribution in [2.75, 3.05) is 13.2 Å². The number of hydrogen-bond acceptors (Lipinski definition) is 3. The molecule has 0 aliphatic carbocycles. The van der Waals surface area contributed by atoms with E-state index in [2.05, 4.69) is 0 Å². The van der Waals surface area contributed by atoms with E-state index in [0.717, 1.165) is 22.3 Å². The molecule has 1 heterocycles. The Hall–Kier alpha value is -1.97. The van der Waals surface area contributed by atoms with Crippen LogP contribution in [0.25, 0.3) is 11.1 Å². The molecule has 0 N–H and O–H groups in total. The molecule has 3 heteroatoms. The van der Waals surface area contributed by atoms with E-state index in [0.29, 0.717) is 13.2 Å². The van der Waals surface area contributed by atoms with Crippen LogP contribution < -0.4 is 0 Å². The second-order valence-corrected chi connectivity index (χ2v) is 4.80. The van der Waals surface area contributed by atoms with E-state index in [1.54, 1.807) is 6.92 Å². The number of hydrogen-bond donors (Lipinski definition) is 0. The molecule has 0 radical (unpaired) electrons. The first-order chi connectivity index (χ1) is 9.75. The summed E-state index contributed by atoms with van der Waals surface area (Å²) >= 11 is 0. The highest BCUT2D eigenvalue weighted by molar-refractivity contribution is 6.00. The first kappa shape index (κ1) is 13.0. The van der Waals surface area contributed by atoms with Crippen LogP contribution in [0.5, 0.6) is 0 Å². The number of carbonyl (C=O) groups excluding carboxylic acids is 1. The maximum absolute atomic E-state index is 11.7. The van der Waals surface area contributed by atoms with E-state index in [-0.39, 0.29) is 12.1 Å². The van der Waals surface area contributed by atoms with Crippen LogP contribution in [0.2, 0.25) is 0 Å². The SMILES string of the molecule is CC(=O)c1ccccc1-c1ccc(C2OCCO2)cc1. The molecule has 1 aliphatic heterocycles. The van der Waals surface area contributed by atoms with Crippen molar-refractivity contribution >= 4 is 5.78 Å². The first-order valence-electron chi connectivity index (χ1n) is 6.69. The molecule has 1 fully saturated rings. The smallest absolute Gasteiger partial charge is 0.184 e. The van der Waals surface area contributed by atoms with Gasteiger partial charge in [-0.05, 0) is 18.1 Å². The maximum Gasteiger partial charge on any atom is 0.184 e. The van der Waals surface area contributed by atoms with E-state index in [4.69, 9.17) is 9.47 Å². The summed E-state index contributed by atoms with van der Waals surface area (Å²) < 4.78 is 10.9. The third-order valence-electron chi connectivity index (χ3n) is 3.42. The van der Waals surface area contributed by atoms with Gasteiger partial charge in [-0.3, -0.25) is 4.79 Å². The van der Waals surface area contributed by atoms with E-state index in [9.17, 15) is 4.79 Å². The Labute approximate surface area is 118 Å². The van der Waals surface area contributed by atoms with Crippen LogP contribution in [-0.2, 0) is 9.47 Å². The molecule has 0 spiro atoms. The zero-order chi connectivity index (χ0) is 13.9. The number of rotatable bonds is 3. The Morgan fingerprint density at radius 2 is 1.65 bits per heavy atom. The lowest BCUT2D eigenvalue weighted by Crippen LogP contribution is -1.98. The summed E-state index contributed by atoms with van der Waals surface area (Å²) in [5.74, 6) is 0.0761. The molecular formula is C17H16O3. The second kappa shape index (κ2) is 5.57. The summed E-state index contributed by atoms with van der Waals surface area (Å²) in [4.78, 5) is 11.7. The molecule has 20 heavy (non-hydrogen) atoms. The number of benzene rings is 2. The van der Waals surface area contributed by atoms with E-state index < -0.39 is 0 Å². The van der Waals surface area contributed by atoms with Gasteiger partial charge in [0.05, 0.1) is 13.2 Å². The molecule has 1 saturated heterocycles. The van der Waals surface area contributed by atoms with E-state index in [1.165, 1.54) is 0 Å². The Morgan fingerprint density at radius 3 is 2.30 bits per heavy atom. The molecule has 0 unspecified atom stereocenters. The first-order valence-corrected chi connectivity index (χ1v) is 6.69. The lowest BCUT2D eigenvalue weighted by molar-refractivity contribution is -0.0441. The second-order valence-electron chi connectivity index (χ2n) is 4.80. The van der Waals surface area contributed by atoms with Crippen LogP contribution in [0.1, 0.15) is 29.1 Å². The van der Waals surface area contributed by atoms with Crippen LogP contribution in [0, 0.1) is 0 Å². The fourth-order valence-electron chi connectivity index (χ4n) is 2.41. The highest BCUT2D eigenvalue weighted by Crippen LogP contribution is 2.28. The molecule has 2 aromatic carbocycles. The average Bonchev–Trinajstić information content (AvgIpc) is 3.02. The minimum Gasteiger partial charge on any atom is -0.346 e. The minimum atomic E-state index is -0.257. The Morgan fingerprint density at radius 1 is 1.00 bits per heavy atom. The molecule has 0 aromatic heterocycles. The van der Waals surface area contributed by atoms with Crippen molar-refractivity contribution in [3.63, 3.8) is 0 Å². The topological polar surface area (TPSA) is 35.5 Å². The molecule has 2 aromatic rings. The molecule has 0 bridgehead atoms. The van der Waals surface area contributed by atoms with Crippen molar-refractivity contribution in [2.24, 2.45) is 0 Å². The Kier molecular flexibility index (Phi) is 3.63. The van der Waals surface area contributed by atoms with Crippen molar-refractivity contribution < 1.29 is 14.3 Å². The zero-order valence-corrected chi connectivity index (χ0v) is 11.3. The summed E-state index contributed by atoms with van der Waals surface area (Å²) in [6, 6.07) is 15.6. The lowest BCUT2D eigenvalue weighted by Gasteiger charge is -2.11. The predicted molar refractivity (Wildman–Crippen MR) is 76.5 cm³/mol. The number of carbonyl (C=O) groups is 1. The molecule has 0 amide bonds. The van der Waals surface area contributed by atoms with Gasteiger partial charge in [0.1, 0.15) is 0 Å². The van der Waals surface area contributed by atoms with Crippen molar-refractivity contribution in [1.82, 2.24) is 0 Å². The van der Waals surface area contributed by atoms with Gasteiger partial charge in [-0.25, -0.2) is 0 Å². The molecule has 3 nitrogen and oxygen atoms in total.